The normalized spacial score (nSPS) is 17.1. The molecule has 5 rings (SSSR count). The lowest BCUT2D eigenvalue weighted by atomic mass is 10.1. The van der Waals surface area contributed by atoms with E-state index in [1.165, 1.54) is 11.3 Å². The van der Waals surface area contributed by atoms with Crippen molar-refractivity contribution in [3.05, 3.63) is 81.9 Å². The van der Waals surface area contributed by atoms with Crippen molar-refractivity contribution >= 4 is 56.6 Å². The van der Waals surface area contributed by atoms with Crippen LogP contribution in [0.4, 0.5) is 0 Å². The molecule has 1 aliphatic heterocycles. The van der Waals surface area contributed by atoms with Gasteiger partial charge in [0.15, 0.2) is 11.9 Å². The average Bonchev–Trinajstić information content (AvgIpc) is 3.58. The van der Waals surface area contributed by atoms with Gasteiger partial charge < -0.3 is 29.1 Å². The van der Waals surface area contributed by atoms with Gasteiger partial charge in [0.2, 0.25) is 5.76 Å². The Morgan fingerprint density at radius 2 is 1.50 bits per heavy atom. The molecule has 1 aliphatic rings. The smallest absolute Gasteiger partial charge is 0.470 e. The van der Waals surface area contributed by atoms with Crippen LogP contribution in [-0.2, 0) is 41.3 Å². The minimum Gasteiger partial charge on any atom is -0.485 e. The highest BCUT2D eigenvalue weighted by molar-refractivity contribution is 7.46. The van der Waals surface area contributed by atoms with Crippen LogP contribution in [0.5, 0.6) is 0 Å². The maximum Gasteiger partial charge on any atom is 0.470 e. The molecule has 0 spiro atoms. The fraction of sp³-hybridized carbons (Fsp3) is 0.208. The number of fused-ring (bicyclic) bond motifs is 2. The lowest BCUT2D eigenvalue weighted by Gasteiger charge is -2.23. The van der Waals surface area contributed by atoms with Crippen molar-refractivity contribution < 1.29 is 43.0 Å². The van der Waals surface area contributed by atoms with E-state index in [9.17, 15) is 24.3 Å². The van der Waals surface area contributed by atoms with E-state index in [1.807, 2.05) is 59.3 Å². The Hall–Kier alpha value is -2.76. The van der Waals surface area contributed by atoms with Crippen molar-refractivity contribution in [2.45, 2.75) is 25.4 Å². The number of rotatable bonds is 10. The highest BCUT2D eigenvalue weighted by atomic mass is 32.1. The molecule has 9 nitrogen and oxygen atoms in total. The number of thiophene rings is 2. The highest BCUT2D eigenvalue weighted by Crippen LogP contribution is 2.41. The second kappa shape index (κ2) is 10.3. The van der Waals surface area contributed by atoms with Gasteiger partial charge in [0.25, 0.3) is 0 Å². The number of aliphatic hydroxyl groups is 1. The number of phosphoric ester groups is 1. The van der Waals surface area contributed by atoms with Gasteiger partial charge in [-0.25, -0.2) is 9.36 Å². The molecule has 12 heteroatoms. The minimum atomic E-state index is -5.01. The number of hydrogen-bond donors (Lipinski definition) is 3. The summed E-state index contributed by atoms with van der Waals surface area (Å²) >= 11 is 3.08. The van der Waals surface area contributed by atoms with Gasteiger partial charge in [-0.3, -0.25) is 4.52 Å². The van der Waals surface area contributed by atoms with Gasteiger partial charge in [-0.2, -0.15) is 0 Å². The van der Waals surface area contributed by atoms with Crippen molar-refractivity contribution in [1.82, 2.24) is 0 Å². The number of phosphoric acid groups is 1. The maximum absolute atomic E-state index is 12.8. The number of esters is 1. The van der Waals surface area contributed by atoms with Gasteiger partial charge in [-0.1, -0.05) is 36.4 Å². The number of benzene rings is 2. The lowest BCUT2D eigenvalue weighted by molar-refractivity contribution is -0.148. The second-order valence-electron chi connectivity index (χ2n) is 7.93. The molecule has 3 N–H and O–H groups in total. The van der Waals surface area contributed by atoms with Crippen molar-refractivity contribution in [3.63, 3.8) is 0 Å². The molecule has 2 aromatic heterocycles. The van der Waals surface area contributed by atoms with Crippen molar-refractivity contribution in [1.29, 1.82) is 0 Å². The van der Waals surface area contributed by atoms with Crippen LogP contribution < -0.4 is 0 Å². The van der Waals surface area contributed by atoms with Crippen molar-refractivity contribution in [2.24, 2.45) is 0 Å². The second-order valence-corrected chi connectivity index (χ2v) is 11.0. The Morgan fingerprint density at radius 3 is 2.06 bits per heavy atom. The lowest BCUT2D eigenvalue weighted by Crippen LogP contribution is -2.34. The van der Waals surface area contributed by atoms with E-state index in [2.05, 4.69) is 0 Å². The zero-order chi connectivity index (χ0) is 25.3. The van der Waals surface area contributed by atoms with Gasteiger partial charge >= 0.3 is 13.8 Å². The van der Waals surface area contributed by atoms with E-state index in [1.54, 1.807) is 11.3 Å². The first-order valence-electron chi connectivity index (χ1n) is 10.8. The molecular weight excluding hydrogens is 527 g/mol. The van der Waals surface area contributed by atoms with Crippen LogP contribution in [0.15, 0.2) is 70.8 Å². The number of cyclic esters (lactones) is 1. The first-order chi connectivity index (χ1) is 17.3. The molecule has 0 saturated heterocycles. The van der Waals surface area contributed by atoms with Gasteiger partial charge in [0, 0.05) is 20.5 Å². The number of aliphatic hydroxyl groups excluding tert-OH is 1. The largest absolute Gasteiger partial charge is 0.485 e. The van der Waals surface area contributed by atoms with Crippen LogP contribution in [0.3, 0.4) is 0 Å². The predicted molar refractivity (Wildman–Crippen MR) is 134 cm³/mol. The maximum atomic E-state index is 12.8. The van der Waals surface area contributed by atoms with Crippen molar-refractivity contribution in [3.8, 4) is 0 Å². The summed E-state index contributed by atoms with van der Waals surface area (Å²) in [4.78, 5) is 31.4. The SMILES string of the molecule is O=C1O[C@H]([C@H](CO)OP(=O)(O)O)C(OCc2cccc3ccsc23)=C1OCc1cccc2ccsc12. The molecular formula is C24H21O9PS2. The minimum absolute atomic E-state index is 0.0295. The molecule has 36 heavy (non-hydrogen) atoms. The molecule has 0 saturated carbocycles. The number of ether oxygens (including phenoxy) is 3. The molecule has 3 heterocycles. The van der Waals surface area contributed by atoms with E-state index in [0.29, 0.717) is 0 Å². The fourth-order valence-corrected chi connectivity index (χ4v) is 6.31. The first-order valence-corrected chi connectivity index (χ1v) is 14.1. The number of hydrogen-bond acceptors (Lipinski definition) is 9. The number of carbonyl (C=O) groups excluding carboxylic acids is 1. The van der Waals surface area contributed by atoms with E-state index in [4.69, 9.17) is 18.7 Å². The molecule has 0 aliphatic carbocycles. The van der Waals surface area contributed by atoms with Crippen LogP contribution in [0, 0.1) is 0 Å². The molecule has 2 atom stereocenters. The predicted octanol–water partition coefficient (Wildman–Crippen LogP) is 4.46. The van der Waals surface area contributed by atoms with Crippen LogP contribution in [0.1, 0.15) is 11.1 Å². The molecule has 0 radical (unpaired) electrons. The standard InChI is InChI=1S/C24H21O9PS2/c25-11-18(33-34(27,28)29)19-20(30-12-16-5-1-3-14-7-9-35-22(14)16)21(24(26)32-19)31-13-17-6-2-4-15-8-10-36-23(15)17/h1-10,18-19,25H,11-13H2,(H2,27,28,29)/t18-,19+/m0/s1. The Labute approximate surface area is 213 Å². The molecule has 0 fully saturated rings. The topological polar surface area (TPSA) is 132 Å². The zero-order valence-corrected chi connectivity index (χ0v) is 21.1. The van der Waals surface area contributed by atoms with E-state index in [0.717, 1.165) is 31.3 Å². The third-order valence-corrected chi connectivity index (χ3v) is 8.13. The van der Waals surface area contributed by atoms with Gasteiger partial charge in [-0.05, 0) is 33.7 Å². The summed E-state index contributed by atoms with van der Waals surface area (Å²) in [5.41, 5.74) is 1.69. The van der Waals surface area contributed by atoms with Gasteiger partial charge in [0.1, 0.15) is 19.3 Å². The summed E-state index contributed by atoms with van der Waals surface area (Å²) in [6, 6.07) is 15.4. The third kappa shape index (κ3) is 5.18. The molecule has 0 unspecified atom stereocenters. The zero-order valence-electron chi connectivity index (χ0n) is 18.6. The number of carbonyl (C=O) groups is 1. The summed E-state index contributed by atoms with van der Waals surface area (Å²) in [5, 5.41) is 15.7. The first kappa shape index (κ1) is 24.9. The van der Waals surface area contributed by atoms with Crippen molar-refractivity contribution in [2.75, 3.05) is 6.61 Å². The summed E-state index contributed by atoms with van der Waals surface area (Å²) in [6.45, 7) is -0.772. The Balaban J connectivity index is 1.46. The summed E-state index contributed by atoms with van der Waals surface area (Å²) in [7, 11) is -5.01. The van der Waals surface area contributed by atoms with E-state index < -0.39 is 32.6 Å². The Kier molecular flexibility index (Phi) is 7.14. The molecule has 0 bridgehead atoms. The fourth-order valence-electron chi connectivity index (χ4n) is 3.98. The van der Waals surface area contributed by atoms with Crippen LogP contribution in [0.2, 0.25) is 0 Å². The monoisotopic (exact) mass is 548 g/mol. The Bertz CT molecular complexity index is 1490. The third-order valence-electron chi connectivity index (χ3n) is 5.57. The highest BCUT2D eigenvalue weighted by Gasteiger charge is 2.45. The van der Waals surface area contributed by atoms with Crippen LogP contribution in [-0.4, -0.2) is 39.7 Å². The van der Waals surface area contributed by atoms with Crippen LogP contribution in [0.25, 0.3) is 20.2 Å². The molecule has 4 aromatic rings. The Morgan fingerprint density at radius 1 is 0.917 bits per heavy atom. The quantitative estimate of drug-likeness (QED) is 0.194. The van der Waals surface area contributed by atoms with E-state index in [-0.39, 0.29) is 24.7 Å². The molecule has 188 valence electrons. The molecule has 2 aromatic carbocycles. The van der Waals surface area contributed by atoms with Gasteiger partial charge in [0.05, 0.1) is 6.61 Å². The van der Waals surface area contributed by atoms with Crippen LogP contribution >= 0.6 is 30.5 Å². The molecule has 0 amide bonds. The average molecular weight is 549 g/mol. The summed E-state index contributed by atoms with van der Waals surface area (Å²) in [5.74, 6) is -1.21. The van der Waals surface area contributed by atoms with Gasteiger partial charge in [-0.15, -0.1) is 22.7 Å². The van der Waals surface area contributed by atoms with E-state index >= 15 is 0 Å². The summed E-state index contributed by atoms with van der Waals surface area (Å²) in [6.07, 6.45) is -2.98. The summed E-state index contributed by atoms with van der Waals surface area (Å²) < 4.78 is 35.3.